The fourth-order valence-corrected chi connectivity index (χ4v) is 2.41. The van der Waals surface area contributed by atoms with Crippen molar-refractivity contribution in [1.29, 1.82) is 0 Å². The molecular weight excluding hydrogens is 276 g/mol. The zero-order chi connectivity index (χ0) is 11.7. The van der Waals surface area contributed by atoms with Gasteiger partial charge < -0.3 is 0 Å². The summed E-state index contributed by atoms with van der Waals surface area (Å²) in [4.78, 5) is 8.70. The second-order valence-electron chi connectivity index (χ2n) is 3.75. The number of benzene rings is 1. The zero-order valence-electron chi connectivity index (χ0n) is 8.97. The van der Waals surface area contributed by atoms with Crippen LogP contribution in [0.3, 0.4) is 0 Å². The van der Waals surface area contributed by atoms with Gasteiger partial charge in [0, 0.05) is 27.8 Å². The van der Waals surface area contributed by atoms with Gasteiger partial charge in [-0.15, -0.1) is 0 Å². The highest BCUT2D eigenvalue weighted by atomic mass is 79.9. The van der Waals surface area contributed by atoms with Gasteiger partial charge in [-0.25, -0.2) is 0 Å². The highest BCUT2D eigenvalue weighted by molar-refractivity contribution is 9.10. The molecular formula is C14H9BrN2. The first-order chi connectivity index (χ1) is 8.34. The Hall–Kier alpha value is -1.74. The summed E-state index contributed by atoms with van der Waals surface area (Å²) in [5, 5.41) is 1.11. The highest BCUT2D eigenvalue weighted by Crippen LogP contribution is 2.28. The van der Waals surface area contributed by atoms with E-state index in [1.807, 2.05) is 24.3 Å². The van der Waals surface area contributed by atoms with E-state index in [2.05, 4.69) is 44.1 Å². The third kappa shape index (κ3) is 1.94. The van der Waals surface area contributed by atoms with Gasteiger partial charge in [0.1, 0.15) is 0 Å². The van der Waals surface area contributed by atoms with Crippen LogP contribution in [0.2, 0.25) is 0 Å². The molecule has 3 heteroatoms. The number of hydrogen-bond acceptors (Lipinski definition) is 2. The molecule has 0 N–H and O–H groups in total. The van der Waals surface area contributed by atoms with Gasteiger partial charge in [-0.2, -0.15) is 0 Å². The number of hydrogen-bond donors (Lipinski definition) is 0. The Balaban J connectivity index is 2.26. The van der Waals surface area contributed by atoms with Crippen LogP contribution in [-0.4, -0.2) is 9.97 Å². The van der Waals surface area contributed by atoms with Crippen molar-refractivity contribution < 1.29 is 0 Å². The van der Waals surface area contributed by atoms with Crippen LogP contribution in [0.25, 0.3) is 22.2 Å². The Morgan fingerprint density at radius 1 is 0.882 bits per heavy atom. The van der Waals surface area contributed by atoms with Crippen LogP contribution in [0.4, 0.5) is 0 Å². The van der Waals surface area contributed by atoms with Gasteiger partial charge >= 0.3 is 0 Å². The molecule has 0 atom stereocenters. The molecule has 2 nitrogen and oxygen atoms in total. The van der Waals surface area contributed by atoms with E-state index in [1.165, 1.54) is 0 Å². The summed E-state index contributed by atoms with van der Waals surface area (Å²) >= 11 is 3.55. The first kappa shape index (κ1) is 10.4. The van der Waals surface area contributed by atoms with E-state index in [9.17, 15) is 0 Å². The molecule has 0 unspecified atom stereocenters. The summed E-state index contributed by atoms with van der Waals surface area (Å²) in [5.41, 5.74) is 3.05. The largest absolute Gasteiger partial charge is 0.256 e. The molecule has 0 bridgehead atoms. The molecule has 2 heterocycles. The second kappa shape index (κ2) is 4.26. The van der Waals surface area contributed by atoms with Crippen molar-refractivity contribution in [3.05, 3.63) is 59.3 Å². The molecule has 2 aromatic heterocycles. The molecule has 0 saturated carbocycles. The molecule has 17 heavy (non-hydrogen) atoms. The number of halogens is 1. The minimum Gasteiger partial charge on any atom is -0.256 e. The fraction of sp³-hybridized carbons (Fsp3) is 0. The number of fused-ring (bicyclic) bond motifs is 1. The van der Waals surface area contributed by atoms with Crippen LogP contribution in [0.1, 0.15) is 0 Å². The number of rotatable bonds is 1. The Kier molecular flexibility index (Phi) is 2.61. The van der Waals surface area contributed by atoms with E-state index in [0.29, 0.717) is 0 Å². The third-order valence-corrected chi connectivity index (χ3v) is 3.22. The van der Waals surface area contributed by atoms with Crippen molar-refractivity contribution in [3.63, 3.8) is 0 Å². The average molecular weight is 285 g/mol. The van der Waals surface area contributed by atoms with Gasteiger partial charge in [-0.05, 0) is 46.3 Å². The maximum Gasteiger partial charge on any atom is 0.0844 e. The van der Waals surface area contributed by atoms with Crippen LogP contribution in [-0.2, 0) is 0 Å². The molecule has 0 spiro atoms. The van der Waals surface area contributed by atoms with Crippen molar-refractivity contribution in [2.45, 2.75) is 0 Å². The molecule has 0 amide bonds. The molecule has 0 aliphatic carbocycles. The van der Waals surface area contributed by atoms with Crippen LogP contribution < -0.4 is 0 Å². The second-order valence-corrected chi connectivity index (χ2v) is 4.60. The lowest BCUT2D eigenvalue weighted by molar-refractivity contribution is 1.32. The minimum absolute atomic E-state index is 0.971. The van der Waals surface area contributed by atoms with E-state index in [4.69, 9.17) is 0 Å². The summed E-state index contributed by atoms with van der Waals surface area (Å²) in [6, 6.07) is 14.1. The first-order valence-corrected chi connectivity index (χ1v) is 6.09. The Bertz CT molecular complexity index is 665. The number of nitrogens with zero attached hydrogens (tertiary/aromatic N) is 2. The van der Waals surface area contributed by atoms with Gasteiger partial charge in [0.25, 0.3) is 0 Å². The van der Waals surface area contributed by atoms with Crippen molar-refractivity contribution in [3.8, 4) is 11.3 Å². The molecule has 3 rings (SSSR count). The van der Waals surface area contributed by atoms with E-state index in [1.54, 1.807) is 12.4 Å². The normalized spacial score (nSPS) is 10.6. The van der Waals surface area contributed by atoms with E-state index >= 15 is 0 Å². The lowest BCUT2D eigenvalue weighted by atomic mass is 10.1. The van der Waals surface area contributed by atoms with Gasteiger partial charge in [0.2, 0.25) is 0 Å². The summed E-state index contributed by atoms with van der Waals surface area (Å²) in [5.74, 6) is 0. The molecule has 0 radical (unpaired) electrons. The Labute approximate surface area is 107 Å². The third-order valence-electron chi connectivity index (χ3n) is 2.62. The smallest absolute Gasteiger partial charge is 0.0844 e. The van der Waals surface area contributed by atoms with Crippen molar-refractivity contribution in [1.82, 2.24) is 9.97 Å². The maximum atomic E-state index is 4.36. The fourth-order valence-electron chi connectivity index (χ4n) is 1.83. The summed E-state index contributed by atoms with van der Waals surface area (Å²) < 4.78 is 0.997. The molecule has 3 aromatic rings. The van der Waals surface area contributed by atoms with Crippen LogP contribution in [0, 0.1) is 0 Å². The quantitative estimate of drug-likeness (QED) is 0.673. The Morgan fingerprint density at radius 2 is 1.76 bits per heavy atom. The van der Waals surface area contributed by atoms with E-state index < -0.39 is 0 Å². The lowest BCUT2D eigenvalue weighted by Gasteiger charge is -2.04. The van der Waals surface area contributed by atoms with Crippen molar-refractivity contribution in [2.24, 2.45) is 0 Å². The van der Waals surface area contributed by atoms with Crippen molar-refractivity contribution >= 4 is 26.8 Å². The predicted molar refractivity (Wildman–Crippen MR) is 72.7 cm³/mol. The van der Waals surface area contributed by atoms with Gasteiger partial charge in [0.15, 0.2) is 0 Å². The predicted octanol–water partition coefficient (Wildman–Crippen LogP) is 4.06. The highest BCUT2D eigenvalue weighted by Gasteiger charge is 2.04. The van der Waals surface area contributed by atoms with Crippen LogP contribution in [0.15, 0.2) is 59.3 Å². The topological polar surface area (TPSA) is 25.8 Å². The summed E-state index contributed by atoms with van der Waals surface area (Å²) in [6.07, 6.45) is 3.60. The SMILES string of the molecule is Brc1cc(-c2ccccn2)cc2cccnc12. The zero-order valence-corrected chi connectivity index (χ0v) is 10.6. The molecule has 0 saturated heterocycles. The van der Waals surface area contributed by atoms with E-state index in [0.717, 1.165) is 26.6 Å². The Morgan fingerprint density at radius 3 is 2.59 bits per heavy atom. The van der Waals surface area contributed by atoms with Gasteiger partial charge in [0.05, 0.1) is 11.2 Å². The minimum atomic E-state index is 0.971. The monoisotopic (exact) mass is 284 g/mol. The number of aromatic nitrogens is 2. The summed E-state index contributed by atoms with van der Waals surface area (Å²) in [7, 11) is 0. The summed E-state index contributed by atoms with van der Waals surface area (Å²) in [6.45, 7) is 0. The molecule has 0 aliphatic heterocycles. The van der Waals surface area contributed by atoms with Gasteiger partial charge in [-0.1, -0.05) is 12.1 Å². The van der Waals surface area contributed by atoms with Crippen LogP contribution >= 0.6 is 15.9 Å². The van der Waals surface area contributed by atoms with E-state index in [-0.39, 0.29) is 0 Å². The molecule has 0 aliphatic rings. The van der Waals surface area contributed by atoms with Crippen molar-refractivity contribution in [2.75, 3.05) is 0 Å². The molecule has 1 aromatic carbocycles. The lowest BCUT2D eigenvalue weighted by Crippen LogP contribution is -1.85. The molecule has 0 fully saturated rings. The number of pyridine rings is 2. The maximum absolute atomic E-state index is 4.36. The first-order valence-electron chi connectivity index (χ1n) is 5.30. The standard InChI is InChI=1S/C14H9BrN2/c15-12-9-11(13-5-1-2-6-16-13)8-10-4-3-7-17-14(10)12/h1-9H. The molecule has 82 valence electrons. The average Bonchev–Trinajstić information content (AvgIpc) is 2.40. The van der Waals surface area contributed by atoms with Crippen LogP contribution in [0.5, 0.6) is 0 Å². The van der Waals surface area contributed by atoms with Gasteiger partial charge in [-0.3, -0.25) is 9.97 Å².